The first kappa shape index (κ1) is 41.2. The number of rotatable bonds is 7. The van der Waals surface area contributed by atoms with Crippen LogP contribution in [0.25, 0.3) is 0 Å². The fourth-order valence-electron chi connectivity index (χ4n) is 14.9. The Balaban J connectivity index is 1.02. The molecule has 55 heavy (non-hydrogen) atoms. The molecule has 5 aliphatic carbocycles. The van der Waals surface area contributed by atoms with E-state index in [2.05, 4.69) is 34.6 Å². The molecule has 21 atom stereocenters. The number of hydrogen-bond acceptors (Lipinski definition) is 14. The molecule has 3 heterocycles. The van der Waals surface area contributed by atoms with E-state index in [1.165, 1.54) is 0 Å². The molecule has 0 bridgehead atoms. The smallest absolute Gasteiger partial charge is 0.187 e. The van der Waals surface area contributed by atoms with E-state index in [0.717, 1.165) is 38.5 Å². The highest BCUT2D eigenvalue weighted by atomic mass is 16.8. The van der Waals surface area contributed by atoms with E-state index >= 15 is 0 Å². The molecular formula is C41H68O14. The molecule has 0 aromatic carbocycles. The van der Waals surface area contributed by atoms with Gasteiger partial charge in [0.25, 0.3) is 0 Å². The summed E-state index contributed by atoms with van der Waals surface area (Å²) in [6.07, 6.45) is -7.87. The largest absolute Gasteiger partial charge is 0.394 e. The van der Waals surface area contributed by atoms with E-state index in [-0.39, 0.29) is 52.1 Å². The van der Waals surface area contributed by atoms with E-state index in [1.807, 2.05) is 0 Å². The van der Waals surface area contributed by atoms with Crippen molar-refractivity contribution in [2.75, 3.05) is 13.2 Å². The molecule has 0 amide bonds. The maximum atomic E-state index is 12.4. The SMILES string of the molecule is CC(C)(O)C1CC[C@](C)(C2[C@@H](O)C[C@@]3(C)C4C[C@H](O)C5C(C)(C)[C@@H](OC6OCC(O)C(O)C6OC6OC(CO)C(O)C(O)C6O)CCC56CC46CC[C@]23C)O1. The molecule has 8 aliphatic rings. The minimum atomic E-state index is -1.72. The predicted octanol–water partition coefficient (Wildman–Crippen LogP) is 0.724. The highest BCUT2D eigenvalue weighted by Crippen LogP contribution is 2.89. The van der Waals surface area contributed by atoms with Crippen LogP contribution in [0.1, 0.15) is 106 Å². The van der Waals surface area contributed by atoms with E-state index in [0.29, 0.717) is 19.3 Å². The molecular weight excluding hydrogens is 716 g/mol. The van der Waals surface area contributed by atoms with E-state index < -0.39 is 96.8 Å². The second-order valence-corrected chi connectivity index (χ2v) is 21.1. The molecule has 3 aliphatic heterocycles. The fraction of sp³-hybridized carbons (Fsp3) is 1.00. The summed E-state index contributed by atoms with van der Waals surface area (Å²) in [4.78, 5) is 0. The summed E-state index contributed by atoms with van der Waals surface area (Å²) < 4.78 is 30.9. The summed E-state index contributed by atoms with van der Waals surface area (Å²) in [5, 5.41) is 97.9. The zero-order chi connectivity index (χ0) is 40.1. The number of ether oxygens (including phenoxy) is 5. The monoisotopic (exact) mass is 784 g/mol. The lowest BCUT2D eigenvalue weighted by atomic mass is 9.41. The predicted molar refractivity (Wildman–Crippen MR) is 194 cm³/mol. The molecule has 14 heteroatoms. The standard InChI is InChI=1S/C41H68O14/c1-35(2)24(53-34-30(26(46)21(45)17-51-34)54-33-29(49)28(48)27(47)22(16-42)52-33)9-11-41-18-40(41)13-12-37(5)32(39(7)10-8-25(55-39)36(3,4)50)20(44)15-38(37,6)23(40)14-19(43)31(35)41/h19-34,42-50H,8-18H2,1-7H3/t19-,20-,21?,22?,23?,24-,25?,26?,27?,28?,29?,30?,31?,32?,33?,34?,37+,38-,39+,40?,41?/m0/s1. The van der Waals surface area contributed by atoms with E-state index in [9.17, 15) is 46.0 Å². The van der Waals surface area contributed by atoms with Crippen molar-refractivity contribution in [2.24, 2.45) is 44.8 Å². The van der Waals surface area contributed by atoms with Gasteiger partial charge in [-0.25, -0.2) is 0 Å². The summed E-state index contributed by atoms with van der Waals surface area (Å²) in [7, 11) is 0. The lowest BCUT2D eigenvalue weighted by molar-refractivity contribution is -0.366. The van der Waals surface area contributed by atoms with Gasteiger partial charge in [-0.2, -0.15) is 0 Å². The van der Waals surface area contributed by atoms with Crippen LogP contribution >= 0.6 is 0 Å². The molecule has 0 aromatic heterocycles. The zero-order valence-corrected chi connectivity index (χ0v) is 33.6. The topological polar surface area (TPSA) is 228 Å². The van der Waals surface area contributed by atoms with Gasteiger partial charge in [0.1, 0.15) is 42.7 Å². The van der Waals surface area contributed by atoms with Gasteiger partial charge in [-0.15, -0.1) is 0 Å². The molecule has 0 aromatic rings. The molecule has 9 N–H and O–H groups in total. The van der Waals surface area contributed by atoms with Crippen molar-refractivity contribution in [2.45, 2.75) is 197 Å². The highest BCUT2D eigenvalue weighted by Gasteiger charge is 2.85. The minimum absolute atomic E-state index is 0.0193. The molecule has 15 unspecified atom stereocenters. The van der Waals surface area contributed by atoms with Gasteiger partial charge in [-0.05, 0) is 117 Å². The molecule has 8 fully saturated rings. The number of hydrogen-bond donors (Lipinski definition) is 9. The molecule has 2 spiro atoms. The third-order valence-electron chi connectivity index (χ3n) is 17.6. The molecule has 8 rings (SSSR count). The van der Waals surface area contributed by atoms with Gasteiger partial charge in [0, 0.05) is 5.92 Å². The van der Waals surface area contributed by atoms with Crippen LogP contribution in [0.3, 0.4) is 0 Å². The lowest BCUT2D eigenvalue weighted by Crippen LogP contribution is -2.64. The van der Waals surface area contributed by atoms with Crippen molar-refractivity contribution in [3.63, 3.8) is 0 Å². The van der Waals surface area contributed by atoms with Crippen LogP contribution < -0.4 is 0 Å². The fourth-order valence-corrected chi connectivity index (χ4v) is 14.9. The third-order valence-corrected chi connectivity index (χ3v) is 17.6. The number of fused-ring (bicyclic) bond motifs is 2. The molecule has 14 nitrogen and oxygen atoms in total. The molecule has 316 valence electrons. The first-order valence-corrected chi connectivity index (χ1v) is 20.9. The summed E-state index contributed by atoms with van der Waals surface area (Å²) in [5.74, 6) is 0.0159. The summed E-state index contributed by atoms with van der Waals surface area (Å²) in [6.45, 7) is 13.8. The van der Waals surface area contributed by atoms with Crippen molar-refractivity contribution in [3.05, 3.63) is 0 Å². The average Bonchev–Trinajstić information content (AvgIpc) is 3.45. The molecule has 3 saturated heterocycles. The lowest BCUT2D eigenvalue weighted by Gasteiger charge is -2.64. The first-order chi connectivity index (χ1) is 25.5. The first-order valence-electron chi connectivity index (χ1n) is 20.9. The summed E-state index contributed by atoms with van der Waals surface area (Å²) in [5.41, 5.74) is -2.64. The second-order valence-electron chi connectivity index (χ2n) is 21.1. The van der Waals surface area contributed by atoms with Crippen LogP contribution in [0.5, 0.6) is 0 Å². The second kappa shape index (κ2) is 13.2. The van der Waals surface area contributed by atoms with Crippen molar-refractivity contribution in [1.82, 2.24) is 0 Å². The number of aliphatic hydroxyl groups excluding tert-OH is 8. The Labute approximate surface area is 324 Å². The van der Waals surface area contributed by atoms with Gasteiger partial charge in [0.15, 0.2) is 12.6 Å². The van der Waals surface area contributed by atoms with Crippen molar-refractivity contribution in [3.8, 4) is 0 Å². The van der Waals surface area contributed by atoms with Crippen molar-refractivity contribution >= 4 is 0 Å². The van der Waals surface area contributed by atoms with Gasteiger partial charge < -0.3 is 69.6 Å². The Morgan fingerprint density at radius 2 is 1.42 bits per heavy atom. The van der Waals surface area contributed by atoms with E-state index in [4.69, 9.17) is 23.7 Å². The van der Waals surface area contributed by atoms with Gasteiger partial charge in [-0.3, -0.25) is 0 Å². The maximum absolute atomic E-state index is 12.4. The minimum Gasteiger partial charge on any atom is -0.394 e. The van der Waals surface area contributed by atoms with Gasteiger partial charge in [0.05, 0.1) is 48.8 Å². The Morgan fingerprint density at radius 1 is 0.709 bits per heavy atom. The van der Waals surface area contributed by atoms with Crippen LogP contribution in [0.15, 0.2) is 0 Å². The van der Waals surface area contributed by atoms with Crippen molar-refractivity contribution in [1.29, 1.82) is 0 Å². The van der Waals surface area contributed by atoms with Gasteiger partial charge in [-0.1, -0.05) is 27.7 Å². The maximum Gasteiger partial charge on any atom is 0.187 e. The average molecular weight is 785 g/mol. The Bertz CT molecular complexity index is 1460. The van der Waals surface area contributed by atoms with Crippen molar-refractivity contribution < 1.29 is 69.6 Å². The quantitative estimate of drug-likeness (QED) is 0.162. The van der Waals surface area contributed by atoms with Crippen LogP contribution in [0, 0.1) is 44.8 Å². The highest BCUT2D eigenvalue weighted by molar-refractivity contribution is 5.33. The van der Waals surface area contributed by atoms with Gasteiger partial charge in [0.2, 0.25) is 0 Å². The number of aliphatic hydroxyl groups is 9. The Hall–Kier alpha value is -0.560. The Kier molecular flexibility index (Phi) is 9.90. The van der Waals surface area contributed by atoms with Crippen LogP contribution in [0.4, 0.5) is 0 Å². The van der Waals surface area contributed by atoms with E-state index in [1.54, 1.807) is 13.8 Å². The molecule has 0 radical (unpaired) electrons. The van der Waals surface area contributed by atoms with Crippen LogP contribution in [0.2, 0.25) is 0 Å². The third kappa shape index (κ3) is 5.70. The summed E-state index contributed by atoms with van der Waals surface area (Å²) >= 11 is 0. The zero-order valence-electron chi connectivity index (χ0n) is 33.6. The normalized spacial score (nSPS) is 58.7. The van der Waals surface area contributed by atoms with Crippen LogP contribution in [-0.4, -0.2) is 150 Å². The molecule has 5 saturated carbocycles. The Morgan fingerprint density at radius 3 is 2.07 bits per heavy atom. The van der Waals surface area contributed by atoms with Crippen LogP contribution in [-0.2, 0) is 23.7 Å². The summed E-state index contributed by atoms with van der Waals surface area (Å²) in [6, 6.07) is 0. The van der Waals surface area contributed by atoms with Gasteiger partial charge >= 0.3 is 0 Å².